The Bertz CT molecular complexity index is 767. The van der Waals surface area contributed by atoms with Crippen molar-refractivity contribution in [3.05, 3.63) is 57.4 Å². The SMILES string of the molecule is COCCCn1c(C)cc(C(=O)COc2cccc([N+](=O)[O-])c2)c1C. The number of non-ortho nitro benzene ring substituents is 1. The molecular weight excluding hydrogens is 324 g/mol. The molecule has 0 atom stereocenters. The van der Waals surface area contributed by atoms with Crippen LogP contribution in [0.5, 0.6) is 5.75 Å². The number of ether oxygens (including phenoxy) is 2. The summed E-state index contributed by atoms with van der Waals surface area (Å²) >= 11 is 0. The van der Waals surface area contributed by atoms with Gasteiger partial charge in [-0.1, -0.05) is 6.07 Å². The smallest absolute Gasteiger partial charge is 0.273 e. The molecule has 25 heavy (non-hydrogen) atoms. The van der Waals surface area contributed by atoms with Gasteiger partial charge in [0.25, 0.3) is 5.69 Å². The first-order valence-corrected chi connectivity index (χ1v) is 8.00. The number of nitro groups is 1. The van der Waals surface area contributed by atoms with Crippen LogP contribution in [0.3, 0.4) is 0 Å². The first-order chi connectivity index (χ1) is 11.9. The van der Waals surface area contributed by atoms with Gasteiger partial charge in [0.1, 0.15) is 5.75 Å². The van der Waals surface area contributed by atoms with E-state index < -0.39 is 4.92 Å². The molecule has 0 saturated heterocycles. The van der Waals surface area contributed by atoms with Crippen LogP contribution in [0.15, 0.2) is 30.3 Å². The van der Waals surface area contributed by atoms with Gasteiger partial charge in [-0.05, 0) is 32.4 Å². The van der Waals surface area contributed by atoms with Gasteiger partial charge in [0.05, 0.1) is 11.0 Å². The first kappa shape index (κ1) is 18.7. The van der Waals surface area contributed by atoms with E-state index in [2.05, 4.69) is 4.57 Å². The van der Waals surface area contributed by atoms with Crippen LogP contribution in [0.1, 0.15) is 28.2 Å². The van der Waals surface area contributed by atoms with Crippen LogP contribution in [0.25, 0.3) is 0 Å². The molecule has 0 bridgehead atoms. The Morgan fingerprint density at radius 1 is 1.28 bits per heavy atom. The molecule has 0 unspecified atom stereocenters. The fourth-order valence-electron chi connectivity index (χ4n) is 2.71. The number of nitrogens with zero attached hydrogens (tertiary/aromatic N) is 2. The summed E-state index contributed by atoms with van der Waals surface area (Å²) in [4.78, 5) is 22.7. The van der Waals surface area contributed by atoms with Crippen molar-refractivity contribution in [2.45, 2.75) is 26.8 Å². The maximum Gasteiger partial charge on any atom is 0.273 e. The molecule has 0 spiro atoms. The Hall–Kier alpha value is -2.67. The standard InChI is InChI=1S/C18H22N2O5/c1-13-10-17(14(2)19(13)8-5-9-24-3)18(21)12-25-16-7-4-6-15(11-16)20(22)23/h4,6-7,10-11H,5,8-9,12H2,1-3H3. The Labute approximate surface area is 146 Å². The minimum Gasteiger partial charge on any atom is -0.485 e. The van der Waals surface area contributed by atoms with Gasteiger partial charge in [-0.2, -0.15) is 0 Å². The van der Waals surface area contributed by atoms with Crippen molar-refractivity contribution < 1.29 is 19.2 Å². The largest absolute Gasteiger partial charge is 0.485 e. The number of aromatic nitrogens is 1. The van der Waals surface area contributed by atoms with E-state index in [1.165, 1.54) is 18.2 Å². The lowest BCUT2D eigenvalue weighted by atomic mass is 10.1. The highest BCUT2D eigenvalue weighted by atomic mass is 16.6. The van der Waals surface area contributed by atoms with Gasteiger partial charge in [0.15, 0.2) is 6.61 Å². The first-order valence-electron chi connectivity index (χ1n) is 8.00. The van der Waals surface area contributed by atoms with Gasteiger partial charge in [0, 0.05) is 43.3 Å². The van der Waals surface area contributed by atoms with E-state index in [1.807, 2.05) is 19.9 Å². The van der Waals surface area contributed by atoms with Crippen LogP contribution in [0.2, 0.25) is 0 Å². The summed E-state index contributed by atoms with van der Waals surface area (Å²) in [6.45, 7) is 5.14. The van der Waals surface area contributed by atoms with E-state index in [9.17, 15) is 14.9 Å². The highest BCUT2D eigenvalue weighted by molar-refractivity contribution is 5.98. The Morgan fingerprint density at radius 3 is 2.72 bits per heavy atom. The van der Waals surface area contributed by atoms with Crippen molar-refractivity contribution in [3.8, 4) is 5.75 Å². The third-order valence-corrected chi connectivity index (χ3v) is 4.00. The van der Waals surface area contributed by atoms with Crippen molar-refractivity contribution in [3.63, 3.8) is 0 Å². The predicted octanol–water partition coefficient (Wildman–Crippen LogP) is 3.31. The van der Waals surface area contributed by atoms with Crippen LogP contribution < -0.4 is 4.74 Å². The molecule has 0 aliphatic rings. The molecule has 0 amide bonds. The molecule has 0 N–H and O–H groups in total. The number of rotatable bonds is 9. The van der Waals surface area contributed by atoms with Crippen LogP contribution >= 0.6 is 0 Å². The van der Waals surface area contributed by atoms with Crippen LogP contribution in [0, 0.1) is 24.0 Å². The molecule has 134 valence electrons. The summed E-state index contributed by atoms with van der Waals surface area (Å²) in [5.41, 5.74) is 2.44. The molecule has 7 nitrogen and oxygen atoms in total. The van der Waals surface area contributed by atoms with Gasteiger partial charge in [-0.3, -0.25) is 14.9 Å². The van der Waals surface area contributed by atoms with Gasteiger partial charge in [0.2, 0.25) is 5.78 Å². The molecule has 1 heterocycles. The number of hydrogen-bond acceptors (Lipinski definition) is 5. The Morgan fingerprint density at radius 2 is 2.04 bits per heavy atom. The summed E-state index contributed by atoms with van der Waals surface area (Å²) < 4.78 is 12.6. The molecular formula is C18H22N2O5. The van der Waals surface area contributed by atoms with Gasteiger partial charge >= 0.3 is 0 Å². The van der Waals surface area contributed by atoms with E-state index in [4.69, 9.17) is 9.47 Å². The number of hydrogen-bond donors (Lipinski definition) is 0. The zero-order chi connectivity index (χ0) is 18.4. The summed E-state index contributed by atoms with van der Waals surface area (Å²) in [5.74, 6) is 0.147. The van der Waals surface area contributed by atoms with E-state index >= 15 is 0 Å². The maximum atomic E-state index is 12.5. The quantitative estimate of drug-likeness (QED) is 0.301. The zero-order valence-electron chi connectivity index (χ0n) is 14.7. The van der Waals surface area contributed by atoms with Crippen molar-refractivity contribution in [2.75, 3.05) is 20.3 Å². The lowest BCUT2D eigenvalue weighted by molar-refractivity contribution is -0.384. The van der Waals surface area contributed by atoms with Crippen LogP contribution in [0.4, 0.5) is 5.69 Å². The molecule has 0 aliphatic carbocycles. The fourth-order valence-corrected chi connectivity index (χ4v) is 2.71. The highest BCUT2D eigenvalue weighted by Crippen LogP contribution is 2.20. The number of nitro benzene ring substituents is 1. The second-order valence-corrected chi connectivity index (χ2v) is 5.75. The van der Waals surface area contributed by atoms with E-state index in [0.717, 1.165) is 24.4 Å². The zero-order valence-corrected chi connectivity index (χ0v) is 14.7. The number of ketones is 1. The van der Waals surface area contributed by atoms with Gasteiger partial charge in [-0.15, -0.1) is 0 Å². The topological polar surface area (TPSA) is 83.6 Å². The lowest BCUT2D eigenvalue weighted by Gasteiger charge is -2.09. The summed E-state index contributed by atoms with van der Waals surface area (Å²) in [5, 5.41) is 10.8. The van der Waals surface area contributed by atoms with Crippen LogP contribution in [-0.2, 0) is 11.3 Å². The average Bonchev–Trinajstić information content (AvgIpc) is 2.88. The monoisotopic (exact) mass is 346 g/mol. The molecule has 0 aliphatic heterocycles. The van der Waals surface area contributed by atoms with Gasteiger partial charge < -0.3 is 14.0 Å². The number of carbonyl (C=O) groups is 1. The van der Waals surface area contributed by atoms with Crippen LogP contribution in [-0.4, -0.2) is 35.6 Å². The summed E-state index contributed by atoms with van der Waals surface area (Å²) in [6.07, 6.45) is 0.866. The number of carbonyl (C=O) groups excluding carboxylic acids is 1. The predicted molar refractivity (Wildman–Crippen MR) is 93.3 cm³/mol. The molecule has 1 aromatic heterocycles. The van der Waals surface area contributed by atoms with Gasteiger partial charge in [-0.25, -0.2) is 0 Å². The van der Waals surface area contributed by atoms with Crippen molar-refractivity contribution in [2.24, 2.45) is 0 Å². The highest BCUT2D eigenvalue weighted by Gasteiger charge is 2.16. The second kappa shape index (κ2) is 8.43. The molecule has 0 saturated carbocycles. The molecule has 0 fully saturated rings. The van der Waals surface area contributed by atoms with E-state index in [-0.39, 0.29) is 18.1 Å². The molecule has 2 rings (SSSR count). The Balaban J connectivity index is 2.05. The fraction of sp³-hybridized carbons (Fsp3) is 0.389. The van der Waals surface area contributed by atoms with E-state index in [0.29, 0.717) is 17.9 Å². The van der Waals surface area contributed by atoms with Crippen molar-refractivity contribution in [1.29, 1.82) is 0 Å². The minimum atomic E-state index is -0.498. The molecule has 0 radical (unpaired) electrons. The Kier molecular flexibility index (Phi) is 6.30. The summed E-state index contributed by atoms with van der Waals surface area (Å²) in [6, 6.07) is 7.65. The number of aryl methyl sites for hydroxylation is 1. The molecule has 7 heteroatoms. The minimum absolute atomic E-state index is 0.0683. The maximum absolute atomic E-state index is 12.5. The van der Waals surface area contributed by atoms with E-state index in [1.54, 1.807) is 13.2 Å². The third-order valence-electron chi connectivity index (χ3n) is 4.00. The second-order valence-electron chi connectivity index (χ2n) is 5.75. The third kappa shape index (κ3) is 4.67. The normalized spacial score (nSPS) is 10.7. The summed E-state index contributed by atoms with van der Waals surface area (Å²) in [7, 11) is 1.66. The molecule has 1 aromatic carbocycles. The van der Waals surface area contributed by atoms with Crippen molar-refractivity contribution in [1.82, 2.24) is 4.57 Å². The average molecular weight is 346 g/mol. The lowest BCUT2D eigenvalue weighted by Crippen LogP contribution is -2.13. The molecule has 2 aromatic rings. The number of benzene rings is 1. The number of Topliss-reactive ketones (excluding diaryl/α,β-unsaturated/α-hetero) is 1. The number of methoxy groups -OCH3 is 1. The van der Waals surface area contributed by atoms with Crippen molar-refractivity contribution >= 4 is 11.5 Å².